The van der Waals surface area contributed by atoms with Gasteiger partial charge in [-0.3, -0.25) is 14.2 Å². The Bertz CT molecular complexity index is 1260. The zero-order valence-electron chi connectivity index (χ0n) is 36.1. The molecule has 0 saturated carbocycles. The largest absolute Gasteiger partial charge is 0.756 e. The first-order chi connectivity index (χ1) is 27.4. The van der Waals surface area contributed by atoms with Gasteiger partial charge in [-0.15, -0.1) is 0 Å². The van der Waals surface area contributed by atoms with Crippen LogP contribution in [0.3, 0.4) is 0 Å². The van der Waals surface area contributed by atoms with Gasteiger partial charge in [0.2, 0.25) is 0 Å². The standard InChI is InChI=1S/C46H78NO9P/c1-6-8-10-12-14-15-16-17-18-19-20-21-22-23-25-29-34-38-46(50)56-44(42-55-57(51,52)54-40-39-47(3,4)5)41-53-45(49)37-33-30-26-28-32-36-43(48)35-31-27-24-13-11-9-7-2/h8-11,14-15,17-18,20-21,24,27,31,35,43-44,48H,6-7,12-13,16,19,22-23,25-26,28-30,32-34,36-42H2,1-5H3/b10-8-,11-9+,15-14-,18-17-,21-20-,27-24+,35-31+/t43?,44-/m1/s1. The van der Waals surface area contributed by atoms with E-state index in [1.54, 1.807) is 6.08 Å². The van der Waals surface area contributed by atoms with E-state index in [0.29, 0.717) is 30.3 Å². The van der Waals surface area contributed by atoms with Crippen molar-refractivity contribution in [2.24, 2.45) is 0 Å². The number of aliphatic hydroxyl groups excluding tert-OH is 1. The van der Waals surface area contributed by atoms with Crippen LogP contribution < -0.4 is 4.89 Å². The molecule has 0 aliphatic rings. The first kappa shape index (κ1) is 54.2. The number of carbonyl (C=O) groups is 2. The third kappa shape index (κ3) is 41.1. The zero-order valence-corrected chi connectivity index (χ0v) is 37.0. The number of nitrogens with zero attached hydrogens (tertiary/aromatic N) is 1. The molecule has 0 bridgehead atoms. The molecule has 0 aliphatic carbocycles. The SMILES string of the molecule is CC/C=C\C/C=C\C/C=C\C/C=C\CCCCCCC(=O)O[C@H](COC(=O)CCCCCCCC(O)/C=C/C=C/C/C=C/CC)COP(=O)([O-])OCC[N+](C)(C)C. The summed E-state index contributed by atoms with van der Waals surface area (Å²) in [6, 6.07) is 0. The zero-order chi connectivity index (χ0) is 42.3. The number of esters is 2. The van der Waals surface area contributed by atoms with Gasteiger partial charge in [-0.1, -0.05) is 137 Å². The van der Waals surface area contributed by atoms with Crippen LogP contribution >= 0.6 is 7.82 Å². The van der Waals surface area contributed by atoms with Crippen molar-refractivity contribution >= 4 is 19.8 Å². The molecule has 2 unspecified atom stereocenters. The second kappa shape index (κ2) is 37.4. The number of quaternary nitrogens is 1. The normalized spacial score (nSPS) is 15.0. The average molecular weight is 820 g/mol. The van der Waals surface area contributed by atoms with Crippen molar-refractivity contribution in [3.63, 3.8) is 0 Å². The van der Waals surface area contributed by atoms with Crippen molar-refractivity contribution in [3.8, 4) is 0 Å². The van der Waals surface area contributed by atoms with E-state index >= 15 is 0 Å². The number of likely N-dealkylation sites (N-methyl/N-ethyl adjacent to an activating group) is 1. The molecule has 11 heteroatoms. The molecule has 0 aromatic rings. The molecular weight excluding hydrogens is 741 g/mol. The van der Waals surface area contributed by atoms with Crippen LogP contribution in [-0.4, -0.2) is 81.2 Å². The highest BCUT2D eigenvalue weighted by atomic mass is 31.2. The third-order valence-corrected chi connectivity index (χ3v) is 9.48. The van der Waals surface area contributed by atoms with E-state index in [4.69, 9.17) is 18.5 Å². The first-order valence-electron chi connectivity index (χ1n) is 21.4. The molecule has 326 valence electrons. The van der Waals surface area contributed by atoms with Crippen molar-refractivity contribution < 1.29 is 47.2 Å². The number of aliphatic hydroxyl groups is 1. The summed E-state index contributed by atoms with van der Waals surface area (Å²) in [5, 5.41) is 10.1. The Morgan fingerprint density at radius 3 is 1.79 bits per heavy atom. The monoisotopic (exact) mass is 820 g/mol. The van der Waals surface area contributed by atoms with Crippen LogP contribution in [0.25, 0.3) is 0 Å². The molecule has 0 aliphatic heterocycles. The van der Waals surface area contributed by atoms with E-state index in [9.17, 15) is 24.2 Å². The lowest BCUT2D eigenvalue weighted by atomic mass is 10.1. The summed E-state index contributed by atoms with van der Waals surface area (Å²) in [4.78, 5) is 37.5. The fraction of sp³-hybridized carbons (Fsp3) is 0.652. The van der Waals surface area contributed by atoms with Crippen LogP contribution in [0.4, 0.5) is 0 Å². The van der Waals surface area contributed by atoms with Gasteiger partial charge in [0.1, 0.15) is 19.8 Å². The van der Waals surface area contributed by atoms with E-state index in [-0.39, 0.29) is 26.1 Å². The highest BCUT2D eigenvalue weighted by molar-refractivity contribution is 7.45. The van der Waals surface area contributed by atoms with Crippen molar-refractivity contribution in [3.05, 3.63) is 85.1 Å². The summed E-state index contributed by atoms with van der Waals surface area (Å²) in [5.41, 5.74) is 0. The van der Waals surface area contributed by atoms with Crippen molar-refractivity contribution in [2.45, 2.75) is 148 Å². The summed E-state index contributed by atoms with van der Waals surface area (Å²) in [6.07, 6.45) is 43.4. The molecule has 10 nitrogen and oxygen atoms in total. The summed E-state index contributed by atoms with van der Waals surface area (Å²) in [6.45, 7) is 3.81. The van der Waals surface area contributed by atoms with Gasteiger partial charge in [-0.2, -0.15) is 0 Å². The summed E-state index contributed by atoms with van der Waals surface area (Å²) >= 11 is 0. The fourth-order valence-electron chi connectivity index (χ4n) is 5.18. The van der Waals surface area contributed by atoms with Crippen LogP contribution in [0.5, 0.6) is 0 Å². The number of phosphoric ester groups is 1. The maximum absolute atomic E-state index is 12.7. The highest BCUT2D eigenvalue weighted by Crippen LogP contribution is 2.38. The molecule has 0 amide bonds. The molecular formula is C46H78NO9P. The lowest BCUT2D eigenvalue weighted by Gasteiger charge is -2.28. The average Bonchev–Trinajstić information content (AvgIpc) is 3.15. The molecule has 0 fully saturated rings. The predicted octanol–water partition coefficient (Wildman–Crippen LogP) is 10.4. The summed E-state index contributed by atoms with van der Waals surface area (Å²) in [7, 11) is 1.08. The lowest BCUT2D eigenvalue weighted by Crippen LogP contribution is -2.37. The number of rotatable bonds is 37. The minimum Gasteiger partial charge on any atom is -0.756 e. The lowest BCUT2D eigenvalue weighted by molar-refractivity contribution is -0.870. The van der Waals surface area contributed by atoms with Crippen LogP contribution in [0.15, 0.2) is 85.1 Å². The number of allylic oxidation sites excluding steroid dienone is 13. The van der Waals surface area contributed by atoms with Gasteiger partial charge < -0.3 is 33.0 Å². The first-order valence-corrected chi connectivity index (χ1v) is 22.9. The molecule has 1 N–H and O–H groups in total. The van der Waals surface area contributed by atoms with E-state index in [2.05, 4.69) is 80.7 Å². The molecule has 0 aromatic carbocycles. The minimum absolute atomic E-state index is 0.0569. The Kier molecular flexibility index (Phi) is 35.6. The Labute approximate surface area is 346 Å². The molecule has 0 rings (SSSR count). The number of phosphoric acid groups is 1. The summed E-state index contributed by atoms with van der Waals surface area (Å²) in [5.74, 6) is -0.949. The van der Waals surface area contributed by atoms with Crippen LogP contribution in [-0.2, 0) is 32.7 Å². The van der Waals surface area contributed by atoms with E-state index in [0.717, 1.165) is 89.9 Å². The molecule has 3 atom stereocenters. The number of hydrogen-bond donors (Lipinski definition) is 1. The fourth-order valence-corrected chi connectivity index (χ4v) is 5.91. The molecule has 0 radical (unpaired) electrons. The van der Waals surface area contributed by atoms with E-state index in [1.165, 1.54) is 0 Å². The number of carbonyl (C=O) groups excluding carboxylic acids is 2. The molecule has 0 saturated heterocycles. The highest BCUT2D eigenvalue weighted by Gasteiger charge is 2.21. The van der Waals surface area contributed by atoms with Crippen molar-refractivity contribution in [1.29, 1.82) is 0 Å². The van der Waals surface area contributed by atoms with E-state index in [1.807, 2.05) is 33.3 Å². The minimum atomic E-state index is -4.66. The quantitative estimate of drug-likeness (QED) is 0.0162. The maximum atomic E-state index is 12.7. The Morgan fingerprint density at radius 2 is 1.18 bits per heavy atom. The Morgan fingerprint density at radius 1 is 0.649 bits per heavy atom. The molecule has 57 heavy (non-hydrogen) atoms. The van der Waals surface area contributed by atoms with Crippen LogP contribution in [0.1, 0.15) is 136 Å². The van der Waals surface area contributed by atoms with Gasteiger partial charge in [0, 0.05) is 12.8 Å². The van der Waals surface area contributed by atoms with Crippen molar-refractivity contribution in [2.75, 3.05) is 47.5 Å². The van der Waals surface area contributed by atoms with Crippen LogP contribution in [0, 0.1) is 0 Å². The topological polar surface area (TPSA) is 131 Å². The summed E-state index contributed by atoms with van der Waals surface area (Å²) < 4.78 is 33.8. The number of unbranched alkanes of at least 4 members (excludes halogenated alkanes) is 8. The molecule has 0 heterocycles. The van der Waals surface area contributed by atoms with Gasteiger partial charge >= 0.3 is 11.9 Å². The van der Waals surface area contributed by atoms with Gasteiger partial charge in [0.25, 0.3) is 7.82 Å². The Hall–Kier alpha value is -2.85. The second-order valence-electron chi connectivity index (χ2n) is 15.1. The number of ether oxygens (including phenoxy) is 2. The number of hydrogen-bond acceptors (Lipinski definition) is 9. The van der Waals surface area contributed by atoms with Crippen LogP contribution in [0.2, 0.25) is 0 Å². The van der Waals surface area contributed by atoms with Gasteiger partial charge in [-0.05, 0) is 70.6 Å². The van der Waals surface area contributed by atoms with E-state index < -0.39 is 38.6 Å². The van der Waals surface area contributed by atoms with Gasteiger partial charge in [0.15, 0.2) is 6.10 Å². The molecule has 0 spiro atoms. The molecule has 0 aromatic heterocycles. The Balaban J connectivity index is 4.53. The second-order valence-corrected chi connectivity index (χ2v) is 16.6. The third-order valence-electron chi connectivity index (χ3n) is 8.51. The smallest absolute Gasteiger partial charge is 0.306 e. The van der Waals surface area contributed by atoms with Crippen molar-refractivity contribution in [1.82, 2.24) is 0 Å². The maximum Gasteiger partial charge on any atom is 0.306 e. The van der Waals surface area contributed by atoms with Gasteiger partial charge in [-0.25, -0.2) is 0 Å². The predicted molar refractivity (Wildman–Crippen MR) is 232 cm³/mol. The van der Waals surface area contributed by atoms with Gasteiger partial charge in [0.05, 0.1) is 33.9 Å².